The van der Waals surface area contributed by atoms with Gasteiger partial charge in [0.25, 0.3) is 0 Å². The van der Waals surface area contributed by atoms with Gasteiger partial charge < -0.3 is 15.0 Å². The molecule has 1 unspecified atom stereocenters. The smallest absolute Gasteiger partial charge is 0.133 e. The SMILES string of the molecule is CCCNc1cc(N(C)CC2CCCOC2)ncn1. The van der Waals surface area contributed by atoms with Gasteiger partial charge in [0.15, 0.2) is 0 Å². The van der Waals surface area contributed by atoms with Gasteiger partial charge in [-0.05, 0) is 25.2 Å². The lowest BCUT2D eigenvalue weighted by molar-refractivity contribution is 0.0576. The third kappa shape index (κ3) is 4.35. The van der Waals surface area contributed by atoms with Crippen molar-refractivity contribution in [2.45, 2.75) is 26.2 Å². The van der Waals surface area contributed by atoms with E-state index in [9.17, 15) is 0 Å². The van der Waals surface area contributed by atoms with Crippen LogP contribution in [0.3, 0.4) is 0 Å². The Morgan fingerprint density at radius 1 is 1.47 bits per heavy atom. The molecule has 0 radical (unpaired) electrons. The van der Waals surface area contributed by atoms with Crippen molar-refractivity contribution >= 4 is 11.6 Å². The van der Waals surface area contributed by atoms with E-state index < -0.39 is 0 Å². The summed E-state index contributed by atoms with van der Waals surface area (Å²) in [6.45, 7) is 5.86. The molecule has 1 aromatic heterocycles. The van der Waals surface area contributed by atoms with Crippen LogP contribution < -0.4 is 10.2 Å². The molecule has 1 aromatic rings. The third-order valence-corrected chi connectivity index (χ3v) is 3.39. The van der Waals surface area contributed by atoms with Gasteiger partial charge >= 0.3 is 0 Å². The van der Waals surface area contributed by atoms with Gasteiger partial charge in [-0.25, -0.2) is 9.97 Å². The molecule has 1 aliphatic heterocycles. The Balaban J connectivity index is 1.91. The standard InChI is InChI=1S/C14H24N4O/c1-3-6-15-13-8-14(17-11-16-13)18(2)9-12-5-4-7-19-10-12/h8,11-12H,3-7,9-10H2,1-2H3,(H,15,16,17). The van der Waals surface area contributed by atoms with Gasteiger partial charge in [-0.2, -0.15) is 0 Å². The monoisotopic (exact) mass is 264 g/mol. The largest absolute Gasteiger partial charge is 0.381 e. The van der Waals surface area contributed by atoms with Crippen LogP contribution in [-0.4, -0.2) is 43.3 Å². The molecular formula is C14H24N4O. The number of hydrogen-bond donors (Lipinski definition) is 1. The summed E-state index contributed by atoms with van der Waals surface area (Å²) in [4.78, 5) is 10.8. The van der Waals surface area contributed by atoms with Crippen LogP contribution in [0.1, 0.15) is 26.2 Å². The van der Waals surface area contributed by atoms with Crippen molar-refractivity contribution in [3.8, 4) is 0 Å². The van der Waals surface area contributed by atoms with E-state index >= 15 is 0 Å². The number of nitrogens with one attached hydrogen (secondary N) is 1. The summed E-state index contributed by atoms with van der Waals surface area (Å²) in [7, 11) is 2.08. The summed E-state index contributed by atoms with van der Waals surface area (Å²) in [5.74, 6) is 2.48. The molecule has 0 bridgehead atoms. The summed E-state index contributed by atoms with van der Waals surface area (Å²) >= 11 is 0. The van der Waals surface area contributed by atoms with Crippen molar-refractivity contribution in [3.63, 3.8) is 0 Å². The van der Waals surface area contributed by atoms with Crippen molar-refractivity contribution in [2.75, 3.05) is 43.6 Å². The average molecular weight is 264 g/mol. The minimum Gasteiger partial charge on any atom is -0.381 e. The normalized spacial score (nSPS) is 19.2. The lowest BCUT2D eigenvalue weighted by Crippen LogP contribution is -2.31. The zero-order chi connectivity index (χ0) is 13.5. The Hall–Kier alpha value is -1.36. The highest BCUT2D eigenvalue weighted by molar-refractivity contribution is 5.47. The predicted molar refractivity (Wildman–Crippen MR) is 77.6 cm³/mol. The molecule has 0 aromatic carbocycles. The first kappa shape index (κ1) is 14.1. The van der Waals surface area contributed by atoms with Gasteiger partial charge in [-0.3, -0.25) is 0 Å². The minimum atomic E-state index is 0.612. The van der Waals surface area contributed by atoms with Gasteiger partial charge in [0.05, 0.1) is 6.61 Å². The van der Waals surface area contributed by atoms with E-state index in [1.165, 1.54) is 12.8 Å². The van der Waals surface area contributed by atoms with Crippen molar-refractivity contribution < 1.29 is 4.74 Å². The molecule has 5 nitrogen and oxygen atoms in total. The average Bonchev–Trinajstić information content (AvgIpc) is 2.46. The third-order valence-electron chi connectivity index (χ3n) is 3.39. The summed E-state index contributed by atoms with van der Waals surface area (Å²) in [5, 5.41) is 3.29. The van der Waals surface area contributed by atoms with Gasteiger partial charge in [-0.1, -0.05) is 6.92 Å². The molecule has 19 heavy (non-hydrogen) atoms. The molecule has 0 amide bonds. The van der Waals surface area contributed by atoms with Crippen LogP contribution >= 0.6 is 0 Å². The molecule has 1 saturated heterocycles. The van der Waals surface area contributed by atoms with Gasteiger partial charge in [-0.15, -0.1) is 0 Å². The number of ether oxygens (including phenoxy) is 1. The molecule has 0 saturated carbocycles. The second kappa shape index (κ2) is 7.28. The van der Waals surface area contributed by atoms with E-state index in [1.54, 1.807) is 6.33 Å². The Morgan fingerprint density at radius 2 is 2.37 bits per heavy atom. The summed E-state index contributed by atoms with van der Waals surface area (Å²) in [6.07, 6.45) is 5.14. The predicted octanol–water partition coefficient (Wildman–Crippen LogP) is 2.16. The molecule has 1 N–H and O–H groups in total. The molecule has 1 aliphatic rings. The van der Waals surface area contributed by atoms with Crippen molar-refractivity contribution in [1.29, 1.82) is 0 Å². The van der Waals surface area contributed by atoms with Crippen LogP contribution in [0, 0.1) is 5.92 Å². The van der Waals surface area contributed by atoms with E-state index in [-0.39, 0.29) is 0 Å². The van der Waals surface area contributed by atoms with Crippen LogP contribution in [0.5, 0.6) is 0 Å². The maximum absolute atomic E-state index is 5.52. The number of anilines is 2. The molecule has 1 fully saturated rings. The van der Waals surface area contributed by atoms with Gasteiger partial charge in [0, 0.05) is 32.8 Å². The lowest BCUT2D eigenvalue weighted by Gasteiger charge is -2.27. The van der Waals surface area contributed by atoms with Gasteiger partial charge in [0.2, 0.25) is 0 Å². The van der Waals surface area contributed by atoms with Crippen molar-refractivity contribution in [2.24, 2.45) is 5.92 Å². The van der Waals surface area contributed by atoms with Crippen molar-refractivity contribution in [1.82, 2.24) is 9.97 Å². The first-order valence-corrected chi connectivity index (χ1v) is 7.14. The van der Waals surface area contributed by atoms with E-state index in [4.69, 9.17) is 4.74 Å². The summed E-state index contributed by atoms with van der Waals surface area (Å²) in [6, 6.07) is 2.01. The maximum Gasteiger partial charge on any atom is 0.133 e. The van der Waals surface area contributed by atoms with E-state index in [1.807, 2.05) is 6.07 Å². The molecule has 0 spiro atoms. The van der Waals surface area contributed by atoms with E-state index in [2.05, 4.69) is 34.2 Å². The van der Waals surface area contributed by atoms with E-state index in [0.717, 1.165) is 44.4 Å². The first-order valence-electron chi connectivity index (χ1n) is 7.14. The number of nitrogens with zero attached hydrogens (tertiary/aromatic N) is 3. The van der Waals surface area contributed by atoms with Crippen molar-refractivity contribution in [3.05, 3.63) is 12.4 Å². The zero-order valence-electron chi connectivity index (χ0n) is 11.9. The second-order valence-corrected chi connectivity index (χ2v) is 5.15. The number of aromatic nitrogens is 2. The molecule has 5 heteroatoms. The highest BCUT2D eigenvalue weighted by atomic mass is 16.5. The molecule has 2 rings (SSSR count). The van der Waals surface area contributed by atoms with Crippen LogP contribution in [0.4, 0.5) is 11.6 Å². The van der Waals surface area contributed by atoms with Gasteiger partial charge in [0.1, 0.15) is 18.0 Å². The van der Waals surface area contributed by atoms with Crippen LogP contribution in [0.25, 0.3) is 0 Å². The molecule has 2 heterocycles. The Bertz CT molecular complexity index is 379. The van der Waals surface area contributed by atoms with E-state index in [0.29, 0.717) is 5.92 Å². The number of hydrogen-bond acceptors (Lipinski definition) is 5. The molecular weight excluding hydrogens is 240 g/mol. The molecule has 106 valence electrons. The van der Waals surface area contributed by atoms with Crippen LogP contribution in [0.15, 0.2) is 12.4 Å². The van der Waals surface area contributed by atoms with Crippen LogP contribution in [0.2, 0.25) is 0 Å². The zero-order valence-corrected chi connectivity index (χ0v) is 11.9. The topological polar surface area (TPSA) is 50.3 Å². The quantitative estimate of drug-likeness (QED) is 0.853. The fourth-order valence-electron chi connectivity index (χ4n) is 2.34. The molecule has 0 aliphatic carbocycles. The maximum atomic E-state index is 5.52. The highest BCUT2D eigenvalue weighted by Gasteiger charge is 2.16. The molecule has 1 atom stereocenters. The minimum absolute atomic E-state index is 0.612. The van der Waals surface area contributed by atoms with Crippen LogP contribution in [-0.2, 0) is 4.74 Å². The second-order valence-electron chi connectivity index (χ2n) is 5.15. The number of rotatable bonds is 6. The Kier molecular flexibility index (Phi) is 5.39. The Morgan fingerprint density at radius 3 is 3.11 bits per heavy atom. The summed E-state index contributed by atoms with van der Waals surface area (Å²) < 4.78 is 5.52. The summed E-state index contributed by atoms with van der Waals surface area (Å²) in [5.41, 5.74) is 0. The highest BCUT2D eigenvalue weighted by Crippen LogP contribution is 2.18. The Labute approximate surface area is 115 Å². The fraction of sp³-hybridized carbons (Fsp3) is 0.714. The lowest BCUT2D eigenvalue weighted by atomic mass is 10.0. The first-order chi connectivity index (χ1) is 9.29. The fourth-order valence-corrected chi connectivity index (χ4v) is 2.34.